The van der Waals surface area contributed by atoms with Gasteiger partial charge in [0.1, 0.15) is 11.0 Å². The van der Waals surface area contributed by atoms with Crippen molar-refractivity contribution in [1.82, 2.24) is 8.75 Å². The molecule has 0 radical (unpaired) electrons. The van der Waals surface area contributed by atoms with Gasteiger partial charge in [-0.05, 0) is 0 Å². The Balaban J connectivity index is 1.99. The van der Waals surface area contributed by atoms with Gasteiger partial charge in [0.2, 0.25) is 0 Å². The summed E-state index contributed by atoms with van der Waals surface area (Å²) in [6.45, 7) is 0. The van der Waals surface area contributed by atoms with Crippen molar-refractivity contribution in [3.8, 4) is 0 Å². The molecule has 5 rings (SSSR count). The SMILES string of the molecule is C1CSC(=c2c3c(c(=C4SCCS4)c4nsnc24)NSN3)S1. The highest BCUT2D eigenvalue weighted by molar-refractivity contribution is 8.33. The third kappa shape index (κ3) is 2.18. The summed E-state index contributed by atoms with van der Waals surface area (Å²) in [6, 6.07) is 0. The van der Waals surface area contributed by atoms with E-state index in [9.17, 15) is 0 Å². The lowest BCUT2D eigenvalue weighted by Gasteiger charge is -2.06. The molecule has 3 aliphatic heterocycles. The highest BCUT2D eigenvalue weighted by atomic mass is 32.2. The summed E-state index contributed by atoms with van der Waals surface area (Å²) in [5.41, 5.74) is 4.51. The molecule has 22 heavy (non-hydrogen) atoms. The molecule has 114 valence electrons. The number of aromatic nitrogens is 2. The van der Waals surface area contributed by atoms with Gasteiger partial charge in [0, 0.05) is 33.4 Å². The molecule has 0 bridgehead atoms. The Labute approximate surface area is 152 Å². The fourth-order valence-corrected chi connectivity index (χ4v) is 8.98. The van der Waals surface area contributed by atoms with Crippen molar-refractivity contribution in [2.45, 2.75) is 0 Å². The Morgan fingerprint density at radius 1 is 0.682 bits per heavy atom. The van der Waals surface area contributed by atoms with Crippen molar-refractivity contribution in [2.24, 2.45) is 0 Å². The Hall–Kier alpha value is 0.130. The first-order valence-electron chi connectivity index (χ1n) is 6.69. The molecule has 10 heteroatoms. The van der Waals surface area contributed by atoms with Gasteiger partial charge < -0.3 is 9.44 Å². The van der Waals surface area contributed by atoms with Gasteiger partial charge in [-0.25, -0.2) is 0 Å². The number of nitrogens with one attached hydrogen (secondary N) is 2. The molecule has 3 aliphatic rings. The summed E-state index contributed by atoms with van der Waals surface area (Å²) in [7, 11) is 0. The second-order valence-corrected chi connectivity index (χ2v) is 10.8. The Morgan fingerprint density at radius 2 is 1.14 bits per heavy atom. The Bertz CT molecular complexity index is 805. The fraction of sp³-hybridized carbons (Fsp3) is 0.333. The molecule has 4 heterocycles. The van der Waals surface area contributed by atoms with Gasteiger partial charge in [0.25, 0.3) is 0 Å². The summed E-state index contributed by atoms with van der Waals surface area (Å²) in [5, 5.41) is 2.50. The van der Waals surface area contributed by atoms with Gasteiger partial charge in [-0.15, -0.1) is 47.0 Å². The summed E-state index contributed by atoms with van der Waals surface area (Å²) in [6.07, 6.45) is 0. The highest BCUT2D eigenvalue weighted by Crippen LogP contribution is 2.42. The molecular weight excluding hydrogens is 393 g/mol. The normalized spacial score (nSPS) is 20.5. The van der Waals surface area contributed by atoms with Crippen LogP contribution in [0.15, 0.2) is 0 Å². The number of fused-ring (bicyclic) bond motifs is 2. The van der Waals surface area contributed by atoms with Gasteiger partial charge in [-0.3, -0.25) is 0 Å². The molecule has 4 nitrogen and oxygen atoms in total. The average molecular weight is 403 g/mol. The summed E-state index contributed by atoms with van der Waals surface area (Å²) in [4.78, 5) is 0. The Morgan fingerprint density at radius 3 is 1.59 bits per heavy atom. The zero-order valence-corrected chi connectivity index (χ0v) is 16.1. The molecule has 2 fully saturated rings. The molecule has 2 aromatic rings. The predicted molar refractivity (Wildman–Crippen MR) is 108 cm³/mol. The molecule has 0 saturated carbocycles. The minimum Gasteiger partial charge on any atom is -0.309 e. The topological polar surface area (TPSA) is 49.8 Å². The highest BCUT2D eigenvalue weighted by Gasteiger charge is 2.26. The molecule has 2 N–H and O–H groups in total. The number of hydrogen-bond acceptors (Lipinski definition) is 10. The predicted octanol–water partition coefficient (Wildman–Crippen LogP) is 3.18. The van der Waals surface area contributed by atoms with Crippen LogP contribution in [0.25, 0.3) is 19.5 Å². The molecule has 1 aromatic heterocycles. The van der Waals surface area contributed by atoms with Crippen LogP contribution >= 0.6 is 70.9 Å². The number of benzene rings is 1. The van der Waals surface area contributed by atoms with E-state index in [1.807, 2.05) is 47.0 Å². The van der Waals surface area contributed by atoms with E-state index < -0.39 is 0 Å². The van der Waals surface area contributed by atoms with Gasteiger partial charge in [0.15, 0.2) is 0 Å². The lowest BCUT2D eigenvalue weighted by molar-refractivity contribution is 1.56. The summed E-state index contributed by atoms with van der Waals surface area (Å²) in [5.74, 6) is 4.72. The number of thioether (sulfide) groups is 4. The van der Waals surface area contributed by atoms with E-state index in [4.69, 9.17) is 0 Å². The van der Waals surface area contributed by atoms with Crippen molar-refractivity contribution < 1.29 is 0 Å². The molecule has 2 saturated heterocycles. The van der Waals surface area contributed by atoms with Crippen LogP contribution in [-0.2, 0) is 0 Å². The van der Waals surface area contributed by atoms with Gasteiger partial charge in [-0.1, -0.05) is 0 Å². The quantitative estimate of drug-likeness (QED) is 0.647. The average Bonchev–Trinajstić information content (AvgIpc) is 3.29. The van der Waals surface area contributed by atoms with E-state index in [1.54, 1.807) is 12.1 Å². The molecule has 0 unspecified atom stereocenters. The van der Waals surface area contributed by atoms with Crippen molar-refractivity contribution >= 4 is 102 Å². The zero-order chi connectivity index (χ0) is 14.5. The van der Waals surface area contributed by atoms with Crippen molar-refractivity contribution in [2.75, 3.05) is 32.5 Å². The minimum absolute atomic E-state index is 1.06. The van der Waals surface area contributed by atoms with E-state index in [2.05, 4.69) is 18.2 Å². The molecule has 0 atom stereocenters. The summed E-state index contributed by atoms with van der Waals surface area (Å²) >= 11 is 10.6. The van der Waals surface area contributed by atoms with Crippen LogP contribution in [0.2, 0.25) is 0 Å². The van der Waals surface area contributed by atoms with E-state index in [0.717, 1.165) is 11.0 Å². The second kappa shape index (κ2) is 5.89. The van der Waals surface area contributed by atoms with Crippen LogP contribution in [-0.4, -0.2) is 31.8 Å². The summed E-state index contributed by atoms with van der Waals surface area (Å²) < 4.78 is 19.0. The van der Waals surface area contributed by atoms with E-state index in [-0.39, 0.29) is 0 Å². The maximum absolute atomic E-state index is 4.65. The first kappa shape index (κ1) is 14.5. The number of nitrogens with zero attached hydrogens (tertiary/aromatic N) is 2. The molecule has 0 amide bonds. The van der Waals surface area contributed by atoms with Crippen molar-refractivity contribution in [3.05, 3.63) is 10.4 Å². The third-order valence-corrected chi connectivity index (χ3v) is 10.1. The fourth-order valence-electron chi connectivity index (χ4n) is 2.64. The number of anilines is 2. The lowest BCUT2D eigenvalue weighted by Crippen LogP contribution is -2.18. The Kier molecular flexibility index (Phi) is 3.87. The first-order valence-corrected chi connectivity index (χ1v) is 12.2. The molecular formula is C12H10N4S6. The smallest absolute Gasteiger partial charge is 0.116 e. The van der Waals surface area contributed by atoms with Crippen LogP contribution in [0.5, 0.6) is 0 Å². The van der Waals surface area contributed by atoms with Crippen LogP contribution in [0.4, 0.5) is 11.4 Å². The first-order chi connectivity index (χ1) is 10.9. The maximum atomic E-state index is 4.65. The van der Waals surface area contributed by atoms with E-state index in [0.29, 0.717) is 0 Å². The largest absolute Gasteiger partial charge is 0.309 e. The van der Waals surface area contributed by atoms with E-state index in [1.165, 1.54) is 65.0 Å². The standard InChI is InChI=1S/C12H10N4S6/c1-2-18-11(17-1)5-7-9(15-21-13-7)6(12-19-3-4-20-12)10-8(5)14-22-16-10/h13,15H,1-4H2. The molecule has 0 aliphatic carbocycles. The zero-order valence-electron chi connectivity index (χ0n) is 11.2. The monoisotopic (exact) mass is 402 g/mol. The van der Waals surface area contributed by atoms with Crippen LogP contribution < -0.4 is 19.9 Å². The second-order valence-electron chi connectivity index (χ2n) is 4.74. The van der Waals surface area contributed by atoms with Crippen molar-refractivity contribution in [3.63, 3.8) is 0 Å². The van der Waals surface area contributed by atoms with E-state index >= 15 is 0 Å². The minimum atomic E-state index is 1.06. The van der Waals surface area contributed by atoms with Crippen LogP contribution in [0.1, 0.15) is 0 Å². The van der Waals surface area contributed by atoms with Crippen LogP contribution in [0.3, 0.4) is 0 Å². The number of rotatable bonds is 0. The van der Waals surface area contributed by atoms with Gasteiger partial charge in [0.05, 0.1) is 43.7 Å². The van der Waals surface area contributed by atoms with Crippen molar-refractivity contribution in [1.29, 1.82) is 0 Å². The van der Waals surface area contributed by atoms with Gasteiger partial charge in [-0.2, -0.15) is 8.75 Å². The number of hydrogen-bond donors (Lipinski definition) is 2. The van der Waals surface area contributed by atoms with Crippen LogP contribution in [0, 0.1) is 0 Å². The third-order valence-electron chi connectivity index (χ3n) is 3.53. The van der Waals surface area contributed by atoms with Gasteiger partial charge >= 0.3 is 0 Å². The lowest BCUT2D eigenvalue weighted by atomic mass is 10.1. The molecule has 0 spiro atoms. The molecule has 1 aromatic carbocycles. The maximum Gasteiger partial charge on any atom is 0.116 e.